The number of phenolic OH excluding ortho intramolecular Hbond substituents is 1. The van der Waals surface area contributed by atoms with Gasteiger partial charge in [-0.1, -0.05) is 6.07 Å². The van der Waals surface area contributed by atoms with Crippen LogP contribution in [0.2, 0.25) is 0 Å². The fourth-order valence-electron chi connectivity index (χ4n) is 2.07. The van der Waals surface area contributed by atoms with Gasteiger partial charge >= 0.3 is 0 Å². The Morgan fingerprint density at radius 2 is 1.67 bits per heavy atom. The molecule has 0 fully saturated rings. The first-order chi connectivity index (χ1) is 9.94. The summed E-state index contributed by atoms with van der Waals surface area (Å²) < 4.78 is 0. The summed E-state index contributed by atoms with van der Waals surface area (Å²) in [4.78, 5) is 13.2. The highest BCUT2D eigenvalue weighted by Gasteiger charge is 2.14. The molecule has 1 amide bonds. The topological polar surface area (TPSA) is 49.3 Å². The van der Waals surface area contributed by atoms with Gasteiger partial charge in [-0.25, -0.2) is 0 Å². The van der Waals surface area contributed by atoms with Crippen LogP contribution >= 0.6 is 11.8 Å². The Labute approximate surface area is 129 Å². The van der Waals surface area contributed by atoms with E-state index >= 15 is 0 Å². The van der Waals surface area contributed by atoms with Crippen molar-refractivity contribution < 1.29 is 9.90 Å². The number of amides is 1. The van der Waals surface area contributed by atoms with Crippen molar-refractivity contribution in [2.75, 3.05) is 5.32 Å². The van der Waals surface area contributed by atoms with Crippen LogP contribution in [0.25, 0.3) is 0 Å². The van der Waals surface area contributed by atoms with Gasteiger partial charge in [0.25, 0.3) is 0 Å². The fourth-order valence-corrected chi connectivity index (χ4v) is 2.94. The van der Waals surface area contributed by atoms with Gasteiger partial charge in [0.05, 0.1) is 5.25 Å². The zero-order chi connectivity index (χ0) is 15.4. The Kier molecular flexibility index (Phi) is 4.91. The highest BCUT2D eigenvalue weighted by Crippen LogP contribution is 2.26. The molecule has 2 aromatic rings. The van der Waals surface area contributed by atoms with Crippen molar-refractivity contribution in [1.29, 1.82) is 0 Å². The van der Waals surface area contributed by atoms with Gasteiger partial charge in [0.2, 0.25) is 5.91 Å². The number of nitrogens with one attached hydrogen (secondary N) is 1. The molecule has 0 aliphatic heterocycles. The van der Waals surface area contributed by atoms with Crippen molar-refractivity contribution in [1.82, 2.24) is 0 Å². The molecule has 0 aliphatic carbocycles. The Morgan fingerprint density at radius 1 is 1.10 bits per heavy atom. The number of hydrogen-bond donors (Lipinski definition) is 2. The molecule has 1 atom stereocenters. The molecule has 2 rings (SSSR count). The molecule has 0 heterocycles. The third-order valence-corrected chi connectivity index (χ3v) is 4.12. The van der Waals surface area contributed by atoms with Crippen LogP contribution in [0.3, 0.4) is 0 Å². The van der Waals surface area contributed by atoms with E-state index in [1.54, 1.807) is 24.3 Å². The molecule has 0 saturated carbocycles. The number of benzene rings is 2. The van der Waals surface area contributed by atoms with Crippen LogP contribution in [0.1, 0.15) is 18.1 Å². The zero-order valence-electron chi connectivity index (χ0n) is 12.4. The van der Waals surface area contributed by atoms with E-state index in [2.05, 4.69) is 11.4 Å². The Hall–Kier alpha value is -1.94. The van der Waals surface area contributed by atoms with E-state index in [0.717, 1.165) is 21.7 Å². The average Bonchev–Trinajstić information content (AvgIpc) is 2.40. The molecule has 0 aromatic heterocycles. The minimum atomic E-state index is -0.213. The smallest absolute Gasteiger partial charge is 0.237 e. The summed E-state index contributed by atoms with van der Waals surface area (Å²) in [5, 5.41) is 12.0. The third kappa shape index (κ3) is 4.53. The molecule has 0 saturated heterocycles. The summed E-state index contributed by atoms with van der Waals surface area (Å²) in [6, 6.07) is 12.9. The summed E-state index contributed by atoms with van der Waals surface area (Å²) in [6.07, 6.45) is 0. The van der Waals surface area contributed by atoms with E-state index in [1.165, 1.54) is 11.8 Å². The largest absolute Gasteiger partial charge is 0.508 e. The Balaban J connectivity index is 2.00. The zero-order valence-corrected chi connectivity index (χ0v) is 13.2. The summed E-state index contributed by atoms with van der Waals surface area (Å²) in [7, 11) is 0. The molecular weight excluding hydrogens is 282 g/mol. The summed E-state index contributed by atoms with van der Waals surface area (Å²) >= 11 is 1.46. The SMILES string of the molecule is Cc1cc(C)cc(NC(=O)C(C)Sc2ccc(O)cc2)c1. The summed E-state index contributed by atoms with van der Waals surface area (Å²) in [5.41, 5.74) is 3.09. The van der Waals surface area contributed by atoms with Crippen LogP contribution in [-0.4, -0.2) is 16.3 Å². The molecule has 0 bridgehead atoms. The normalized spacial score (nSPS) is 12.0. The second kappa shape index (κ2) is 6.68. The average molecular weight is 301 g/mol. The van der Waals surface area contributed by atoms with Crippen LogP contribution in [-0.2, 0) is 4.79 Å². The van der Waals surface area contributed by atoms with Gasteiger partial charge in [0.1, 0.15) is 5.75 Å². The molecule has 110 valence electrons. The summed E-state index contributed by atoms with van der Waals surface area (Å²) in [6.45, 7) is 5.89. The van der Waals surface area contributed by atoms with E-state index in [0.29, 0.717) is 0 Å². The number of anilines is 1. The van der Waals surface area contributed by atoms with E-state index in [-0.39, 0.29) is 16.9 Å². The third-order valence-electron chi connectivity index (χ3n) is 3.01. The first-order valence-electron chi connectivity index (χ1n) is 6.79. The van der Waals surface area contributed by atoms with Crippen molar-refractivity contribution in [3.05, 3.63) is 53.6 Å². The number of carbonyl (C=O) groups excluding carboxylic acids is 1. The van der Waals surface area contributed by atoms with Gasteiger partial charge < -0.3 is 10.4 Å². The molecule has 1 unspecified atom stereocenters. The molecular formula is C17H19NO2S. The van der Waals surface area contributed by atoms with Crippen LogP contribution in [0.15, 0.2) is 47.4 Å². The monoisotopic (exact) mass is 301 g/mol. The number of phenols is 1. The lowest BCUT2D eigenvalue weighted by molar-refractivity contribution is -0.115. The van der Waals surface area contributed by atoms with Crippen molar-refractivity contribution in [2.45, 2.75) is 30.9 Å². The lowest BCUT2D eigenvalue weighted by Crippen LogP contribution is -2.22. The first-order valence-corrected chi connectivity index (χ1v) is 7.67. The van der Waals surface area contributed by atoms with Crippen molar-refractivity contribution in [2.24, 2.45) is 0 Å². The first kappa shape index (κ1) is 15.4. The second-order valence-electron chi connectivity index (χ2n) is 5.12. The number of aryl methyl sites for hydroxylation is 2. The number of hydrogen-bond acceptors (Lipinski definition) is 3. The number of aromatic hydroxyl groups is 1. The standard InChI is InChI=1S/C17H19NO2S/c1-11-8-12(2)10-14(9-11)18-17(20)13(3)21-16-6-4-15(19)5-7-16/h4-10,13,19H,1-3H3,(H,18,20). The van der Waals surface area contributed by atoms with Gasteiger partial charge in [0, 0.05) is 10.6 Å². The van der Waals surface area contributed by atoms with Crippen molar-refractivity contribution in [3.8, 4) is 5.75 Å². The highest BCUT2D eigenvalue weighted by atomic mass is 32.2. The lowest BCUT2D eigenvalue weighted by atomic mass is 10.1. The maximum Gasteiger partial charge on any atom is 0.237 e. The minimum absolute atomic E-state index is 0.0296. The quantitative estimate of drug-likeness (QED) is 0.835. The van der Waals surface area contributed by atoms with E-state index < -0.39 is 0 Å². The molecule has 2 N–H and O–H groups in total. The molecule has 21 heavy (non-hydrogen) atoms. The molecule has 0 spiro atoms. The van der Waals surface area contributed by atoms with Gasteiger partial charge in [0.15, 0.2) is 0 Å². The van der Waals surface area contributed by atoms with Gasteiger partial charge in [-0.3, -0.25) is 4.79 Å². The molecule has 4 heteroatoms. The number of carbonyl (C=O) groups is 1. The summed E-state index contributed by atoms with van der Waals surface area (Å²) in [5.74, 6) is 0.199. The van der Waals surface area contributed by atoms with Crippen LogP contribution in [0, 0.1) is 13.8 Å². The maximum absolute atomic E-state index is 12.2. The van der Waals surface area contributed by atoms with Crippen molar-refractivity contribution >= 4 is 23.4 Å². The molecule has 3 nitrogen and oxygen atoms in total. The van der Waals surface area contributed by atoms with E-state index in [1.807, 2.05) is 32.9 Å². The van der Waals surface area contributed by atoms with Crippen molar-refractivity contribution in [3.63, 3.8) is 0 Å². The molecule has 0 aliphatic rings. The molecule has 0 radical (unpaired) electrons. The van der Waals surface area contributed by atoms with E-state index in [4.69, 9.17) is 0 Å². The highest BCUT2D eigenvalue weighted by molar-refractivity contribution is 8.00. The van der Waals surface area contributed by atoms with Crippen LogP contribution < -0.4 is 5.32 Å². The van der Waals surface area contributed by atoms with E-state index in [9.17, 15) is 9.90 Å². The van der Waals surface area contributed by atoms with Gasteiger partial charge in [-0.05, 0) is 68.3 Å². The number of thioether (sulfide) groups is 1. The van der Waals surface area contributed by atoms with Gasteiger partial charge in [-0.2, -0.15) is 0 Å². The van der Waals surface area contributed by atoms with Crippen LogP contribution in [0.5, 0.6) is 5.75 Å². The molecule has 2 aromatic carbocycles. The predicted octanol–water partition coefficient (Wildman–Crippen LogP) is 4.13. The fraction of sp³-hybridized carbons (Fsp3) is 0.235. The van der Waals surface area contributed by atoms with Crippen LogP contribution in [0.4, 0.5) is 5.69 Å². The lowest BCUT2D eigenvalue weighted by Gasteiger charge is -2.13. The Morgan fingerprint density at radius 3 is 2.24 bits per heavy atom. The minimum Gasteiger partial charge on any atom is -0.508 e. The second-order valence-corrected chi connectivity index (χ2v) is 6.53. The van der Waals surface area contributed by atoms with Gasteiger partial charge in [-0.15, -0.1) is 11.8 Å². The predicted molar refractivity (Wildman–Crippen MR) is 88.0 cm³/mol. The Bertz CT molecular complexity index is 617. The number of rotatable bonds is 4. The maximum atomic E-state index is 12.2.